The molecule has 0 saturated carbocycles. The van der Waals surface area contributed by atoms with Gasteiger partial charge in [-0.2, -0.15) is 5.10 Å². The van der Waals surface area contributed by atoms with Gasteiger partial charge in [0.25, 0.3) is 0 Å². The van der Waals surface area contributed by atoms with Crippen LogP contribution in [0.3, 0.4) is 0 Å². The number of carbonyl (C=O) groups excluding carboxylic acids is 1. The van der Waals surface area contributed by atoms with E-state index in [9.17, 15) is 4.79 Å². The number of H-pyrrole nitrogens is 1. The molecule has 2 rings (SSSR count). The Kier molecular flexibility index (Phi) is 5.50. The van der Waals surface area contributed by atoms with E-state index in [4.69, 9.17) is 12.2 Å². The average molecular weight is 330 g/mol. The zero-order chi connectivity index (χ0) is 17.0. The highest BCUT2D eigenvalue weighted by atomic mass is 32.1. The number of aromatic amines is 1. The fraction of sp³-hybridized carbons (Fsp3) is 0.353. The summed E-state index contributed by atoms with van der Waals surface area (Å²) in [5.74, 6) is 0.681. The Morgan fingerprint density at radius 2 is 2.22 bits per heavy atom. The van der Waals surface area contributed by atoms with Gasteiger partial charge in [0.2, 0.25) is 5.91 Å². The number of nitrogens with zero attached hydrogens (tertiary/aromatic N) is 3. The largest absolute Gasteiger partial charge is 0.337 e. The van der Waals surface area contributed by atoms with Gasteiger partial charge in [-0.1, -0.05) is 35.9 Å². The molecule has 0 unspecified atom stereocenters. The molecular weight excluding hydrogens is 308 g/mol. The van der Waals surface area contributed by atoms with E-state index in [2.05, 4.69) is 16.8 Å². The van der Waals surface area contributed by atoms with Crippen LogP contribution in [-0.2, 0) is 11.3 Å². The molecule has 122 valence electrons. The minimum absolute atomic E-state index is 0.00176. The Labute approximate surface area is 141 Å². The van der Waals surface area contributed by atoms with Crippen molar-refractivity contribution in [1.29, 1.82) is 0 Å². The maximum atomic E-state index is 12.6. The number of carbonyl (C=O) groups is 1. The van der Waals surface area contributed by atoms with Gasteiger partial charge in [-0.05, 0) is 39.1 Å². The van der Waals surface area contributed by atoms with Crippen LogP contribution in [0.1, 0.15) is 19.4 Å². The number of likely N-dealkylation sites (N-methyl/N-ethyl adjacent to an activating group) is 1. The highest BCUT2D eigenvalue weighted by Crippen LogP contribution is 2.18. The highest BCUT2D eigenvalue weighted by Gasteiger charge is 2.16. The van der Waals surface area contributed by atoms with E-state index in [1.165, 1.54) is 0 Å². The van der Waals surface area contributed by atoms with E-state index in [1.807, 2.05) is 45.0 Å². The predicted molar refractivity (Wildman–Crippen MR) is 94.7 cm³/mol. The number of rotatable bonds is 6. The third-order valence-electron chi connectivity index (χ3n) is 3.52. The molecule has 0 aliphatic carbocycles. The summed E-state index contributed by atoms with van der Waals surface area (Å²) < 4.78 is 2.19. The highest BCUT2D eigenvalue weighted by molar-refractivity contribution is 7.71. The zero-order valence-corrected chi connectivity index (χ0v) is 14.6. The van der Waals surface area contributed by atoms with Gasteiger partial charge in [-0.15, -0.1) is 0 Å². The maximum absolute atomic E-state index is 12.6. The van der Waals surface area contributed by atoms with Crippen LogP contribution in [0.15, 0.2) is 36.4 Å². The van der Waals surface area contributed by atoms with E-state index in [0.29, 0.717) is 23.7 Å². The van der Waals surface area contributed by atoms with Crippen molar-refractivity contribution in [2.75, 3.05) is 13.1 Å². The van der Waals surface area contributed by atoms with Crippen molar-refractivity contribution in [3.8, 4) is 11.4 Å². The maximum Gasteiger partial charge on any atom is 0.242 e. The molecule has 0 aliphatic heterocycles. The first kappa shape index (κ1) is 17.1. The SMILES string of the molecule is C=C(C)CN(CC)C(=O)Cn1c(-c2cccc(C)c2)n[nH]c1=S. The molecule has 1 amide bonds. The summed E-state index contributed by atoms with van der Waals surface area (Å²) in [6.45, 7) is 11.1. The standard InChI is InChI=1S/C17H22N4OS/c1-5-20(10-12(2)3)15(22)11-21-16(18-19-17(21)23)14-8-6-7-13(4)9-14/h6-9H,2,5,10-11H2,1,3-4H3,(H,19,23). The molecular formula is C17H22N4OS. The van der Waals surface area contributed by atoms with Crippen LogP contribution < -0.4 is 0 Å². The Hall–Kier alpha value is -2.21. The van der Waals surface area contributed by atoms with Gasteiger partial charge in [0.05, 0.1) is 0 Å². The Balaban J connectivity index is 2.30. The van der Waals surface area contributed by atoms with Crippen LogP contribution in [0.25, 0.3) is 11.4 Å². The third-order valence-corrected chi connectivity index (χ3v) is 3.83. The van der Waals surface area contributed by atoms with E-state index < -0.39 is 0 Å². The summed E-state index contributed by atoms with van der Waals surface area (Å²) in [5, 5.41) is 7.07. The second kappa shape index (κ2) is 7.37. The molecule has 5 nitrogen and oxygen atoms in total. The van der Waals surface area contributed by atoms with Crippen molar-refractivity contribution >= 4 is 18.1 Å². The molecule has 6 heteroatoms. The number of benzene rings is 1. The summed E-state index contributed by atoms with van der Waals surface area (Å²) in [6.07, 6.45) is 0. The Morgan fingerprint density at radius 1 is 1.48 bits per heavy atom. The van der Waals surface area contributed by atoms with Crippen LogP contribution in [0.5, 0.6) is 0 Å². The molecule has 0 radical (unpaired) electrons. The molecule has 0 fully saturated rings. The third kappa shape index (κ3) is 4.16. The van der Waals surface area contributed by atoms with Crippen LogP contribution >= 0.6 is 12.2 Å². The van der Waals surface area contributed by atoms with Crippen molar-refractivity contribution in [2.24, 2.45) is 0 Å². The first-order valence-corrected chi connectivity index (χ1v) is 7.97. The van der Waals surface area contributed by atoms with Gasteiger partial charge in [-0.25, -0.2) is 0 Å². The monoisotopic (exact) mass is 330 g/mol. The van der Waals surface area contributed by atoms with Crippen molar-refractivity contribution in [3.05, 3.63) is 46.8 Å². The Bertz CT molecular complexity index is 775. The normalized spacial score (nSPS) is 10.6. The van der Waals surface area contributed by atoms with Crippen molar-refractivity contribution in [1.82, 2.24) is 19.7 Å². The van der Waals surface area contributed by atoms with Gasteiger partial charge in [0, 0.05) is 18.7 Å². The summed E-state index contributed by atoms with van der Waals surface area (Å²) in [6, 6.07) is 7.97. The number of amides is 1. The molecule has 1 heterocycles. The van der Waals surface area contributed by atoms with Gasteiger partial charge >= 0.3 is 0 Å². The summed E-state index contributed by atoms with van der Waals surface area (Å²) in [4.78, 5) is 14.3. The number of aromatic nitrogens is 3. The minimum atomic E-state index is 0.00176. The summed E-state index contributed by atoms with van der Waals surface area (Å²) >= 11 is 5.29. The molecule has 0 bridgehead atoms. The number of hydrogen-bond donors (Lipinski definition) is 1. The Morgan fingerprint density at radius 3 is 2.83 bits per heavy atom. The molecule has 0 atom stereocenters. The van der Waals surface area contributed by atoms with Crippen LogP contribution in [0.4, 0.5) is 0 Å². The molecule has 2 aromatic rings. The topological polar surface area (TPSA) is 53.9 Å². The average Bonchev–Trinajstić information content (AvgIpc) is 2.85. The first-order valence-electron chi connectivity index (χ1n) is 7.56. The molecule has 1 aromatic heterocycles. The number of nitrogens with one attached hydrogen (secondary N) is 1. The fourth-order valence-electron chi connectivity index (χ4n) is 2.41. The lowest BCUT2D eigenvalue weighted by molar-refractivity contribution is -0.131. The van der Waals surface area contributed by atoms with Crippen LogP contribution in [0, 0.1) is 11.7 Å². The first-order chi connectivity index (χ1) is 10.9. The lowest BCUT2D eigenvalue weighted by atomic mass is 10.1. The molecule has 0 saturated heterocycles. The second-order valence-electron chi connectivity index (χ2n) is 5.67. The van der Waals surface area contributed by atoms with Crippen molar-refractivity contribution < 1.29 is 4.79 Å². The molecule has 0 spiro atoms. The quantitative estimate of drug-likeness (QED) is 0.653. The summed E-state index contributed by atoms with van der Waals surface area (Å²) in [5.41, 5.74) is 3.02. The minimum Gasteiger partial charge on any atom is -0.337 e. The van der Waals surface area contributed by atoms with Crippen LogP contribution in [-0.4, -0.2) is 38.7 Å². The van der Waals surface area contributed by atoms with Gasteiger partial charge in [0.15, 0.2) is 10.6 Å². The van der Waals surface area contributed by atoms with E-state index in [0.717, 1.165) is 16.7 Å². The lowest BCUT2D eigenvalue weighted by Gasteiger charge is -2.21. The molecule has 23 heavy (non-hydrogen) atoms. The summed E-state index contributed by atoms with van der Waals surface area (Å²) in [7, 11) is 0. The van der Waals surface area contributed by atoms with E-state index in [1.54, 1.807) is 9.47 Å². The fourth-order valence-corrected chi connectivity index (χ4v) is 2.60. The van der Waals surface area contributed by atoms with Crippen molar-refractivity contribution in [2.45, 2.75) is 27.3 Å². The number of aryl methyl sites for hydroxylation is 1. The predicted octanol–water partition coefficient (Wildman–Crippen LogP) is 3.34. The molecule has 1 N–H and O–H groups in total. The van der Waals surface area contributed by atoms with Gasteiger partial charge < -0.3 is 4.90 Å². The van der Waals surface area contributed by atoms with E-state index in [-0.39, 0.29) is 12.5 Å². The van der Waals surface area contributed by atoms with Crippen molar-refractivity contribution in [3.63, 3.8) is 0 Å². The molecule has 0 aliphatic rings. The lowest BCUT2D eigenvalue weighted by Crippen LogP contribution is -2.35. The van der Waals surface area contributed by atoms with Crippen LogP contribution in [0.2, 0.25) is 0 Å². The van der Waals surface area contributed by atoms with Gasteiger partial charge in [-0.3, -0.25) is 14.5 Å². The molecule has 1 aromatic carbocycles. The zero-order valence-electron chi connectivity index (χ0n) is 13.8. The second-order valence-corrected chi connectivity index (χ2v) is 6.06. The number of hydrogen-bond acceptors (Lipinski definition) is 3. The van der Waals surface area contributed by atoms with E-state index >= 15 is 0 Å². The smallest absolute Gasteiger partial charge is 0.242 e. The van der Waals surface area contributed by atoms with Gasteiger partial charge in [0.1, 0.15) is 6.54 Å².